The largest absolute Gasteiger partial charge is 0.373 e. The number of hydrogen-bond donors (Lipinski definition) is 2. The molecule has 2 aromatic rings. The lowest BCUT2D eigenvalue weighted by Gasteiger charge is -2.09. The van der Waals surface area contributed by atoms with E-state index in [0.29, 0.717) is 0 Å². The minimum atomic E-state index is 0.762. The van der Waals surface area contributed by atoms with Gasteiger partial charge in [-0.3, -0.25) is 0 Å². The van der Waals surface area contributed by atoms with E-state index in [1.165, 1.54) is 0 Å². The molecule has 0 radical (unpaired) electrons. The first-order chi connectivity index (χ1) is 9.72. The molecule has 0 atom stereocenters. The van der Waals surface area contributed by atoms with Crippen molar-refractivity contribution in [2.75, 3.05) is 24.2 Å². The Morgan fingerprint density at radius 3 is 2.65 bits per heavy atom. The highest BCUT2D eigenvalue weighted by molar-refractivity contribution is 5.47. The molecule has 2 N–H and O–H groups in total. The van der Waals surface area contributed by atoms with Gasteiger partial charge in [-0.05, 0) is 6.42 Å². The van der Waals surface area contributed by atoms with Gasteiger partial charge in [0.2, 0.25) is 0 Å². The lowest BCUT2D eigenvalue weighted by molar-refractivity contribution is 0.784. The normalized spacial score (nSPS) is 10.6. The van der Waals surface area contributed by atoms with Crippen molar-refractivity contribution in [3.05, 3.63) is 24.0 Å². The van der Waals surface area contributed by atoms with E-state index in [2.05, 4.69) is 37.7 Å². The van der Waals surface area contributed by atoms with Crippen LogP contribution in [0.15, 0.2) is 12.4 Å². The number of aryl methyl sites for hydroxylation is 2. The quantitative estimate of drug-likeness (QED) is 0.791. The Morgan fingerprint density at radius 1 is 1.20 bits per heavy atom. The molecule has 0 aliphatic rings. The van der Waals surface area contributed by atoms with Crippen LogP contribution in [-0.2, 0) is 19.9 Å². The summed E-state index contributed by atoms with van der Waals surface area (Å²) >= 11 is 0. The Bertz CT molecular complexity index is 549. The third-order valence-electron chi connectivity index (χ3n) is 2.96. The second-order valence-corrected chi connectivity index (χ2v) is 4.59. The molecule has 0 aliphatic carbocycles. The number of aromatic nitrogens is 5. The second-order valence-electron chi connectivity index (χ2n) is 4.59. The lowest BCUT2D eigenvalue weighted by Crippen LogP contribution is -2.11. The summed E-state index contributed by atoms with van der Waals surface area (Å²) in [5.41, 5.74) is 0. The van der Waals surface area contributed by atoms with Crippen molar-refractivity contribution in [3.8, 4) is 0 Å². The number of nitrogens with one attached hydrogen (secondary N) is 2. The van der Waals surface area contributed by atoms with Crippen molar-refractivity contribution in [3.63, 3.8) is 0 Å². The zero-order chi connectivity index (χ0) is 14.4. The number of hydrogen-bond acceptors (Lipinski definition) is 6. The van der Waals surface area contributed by atoms with Crippen molar-refractivity contribution in [2.24, 2.45) is 7.05 Å². The third kappa shape index (κ3) is 3.66. The number of rotatable bonds is 7. The van der Waals surface area contributed by atoms with E-state index in [1.807, 2.05) is 24.7 Å². The predicted octanol–water partition coefficient (Wildman–Crippen LogP) is 1.25. The van der Waals surface area contributed by atoms with Gasteiger partial charge in [0, 0.05) is 39.5 Å². The van der Waals surface area contributed by atoms with Crippen LogP contribution in [0.4, 0.5) is 11.6 Å². The number of anilines is 2. The van der Waals surface area contributed by atoms with Gasteiger partial charge in [0.05, 0.1) is 0 Å². The van der Waals surface area contributed by atoms with Gasteiger partial charge in [-0.2, -0.15) is 0 Å². The molecule has 2 aromatic heterocycles. The SMILES string of the molecule is CCCc1nc(NC)cc(NCCc2nncn2C)n1. The Labute approximate surface area is 118 Å². The smallest absolute Gasteiger partial charge is 0.134 e. The van der Waals surface area contributed by atoms with Crippen molar-refractivity contribution in [1.82, 2.24) is 24.7 Å². The van der Waals surface area contributed by atoms with E-state index in [9.17, 15) is 0 Å². The molecule has 20 heavy (non-hydrogen) atoms. The van der Waals surface area contributed by atoms with Crippen molar-refractivity contribution >= 4 is 11.6 Å². The van der Waals surface area contributed by atoms with E-state index < -0.39 is 0 Å². The average Bonchev–Trinajstić information content (AvgIpc) is 2.84. The zero-order valence-corrected chi connectivity index (χ0v) is 12.2. The highest BCUT2D eigenvalue weighted by Gasteiger charge is 2.04. The van der Waals surface area contributed by atoms with Gasteiger partial charge < -0.3 is 15.2 Å². The van der Waals surface area contributed by atoms with Crippen LogP contribution in [0.5, 0.6) is 0 Å². The molecule has 0 bridgehead atoms. The fourth-order valence-corrected chi connectivity index (χ4v) is 1.89. The summed E-state index contributed by atoms with van der Waals surface area (Å²) < 4.78 is 1.92. The molecular weight excluding hydrogens is 254 g/mol. The van der Waals surface area contributed by atoms with E-state index in [0.717, 1.165) is 49.1 Å². The van der Waals surface area contributed by atoms with Crippen LogP contribution in [0.2, 0.25) is 0 Å². The first-order valence-corrected chi connectivity index (χ1v) is 6.85. The van der Waals surface area contributed by atoms with Crippen LogP contribution in [0, 0.1) is 0 Å². The molecule has 0 unspecified atom stereocenters. The fraction of sp³-hybridized carbons (Fsp3) is 0.538. The summed E-state index contributed by atoms with van der Waals surface area (Å²) in [5.74, 6) is 3.49. The maximum atomic E-state index is 4.51. The highest BCUT2D eigenvalue weighted by Crippen LogP contribution is 2.12. The molecule has 0 aromatic carbocycles. The first-order valence-electron chi connectivity index (χ1n) is 6.85. The Kier molecular flexibility index (Phi) is 4.86. The molecule has 0 aliphatic heterocycles. The van der Waals surface area contributed by atoms with Crippen LogP contribution < -0.4 is 10.6 Å². The molecule has 0 spiro atoms. The zero-order valence-electron chi connectivity index (χ0n) is 12.2. The maximum Gasteiger partial charge on any atom is 0.134 e. The summed E-state index contributed by atoms with van der Waals surface area (Å²) in [6.45, 7) is 2.88. The third-order valence-corrected chi connectivity index (χ3v) is 2.96. The van der Waals surface area contributed by atoms with Crippen LogP contribution in [-0.4, -0.2) is 38.3 Å². The maximum absolute atomic E-state index is 4.51. The fourth-order valence-electron chi connectivity index (χ4n) is 1.89. The molecule has 108 valence electrons. The molecule has 2 rings (SSSR count). The van der Waals surface area contributed by atoms with Crippen LogP contribution >= 0.6 is 0 Å². The Hall–Kier alpha value is -2.18. The Morgan fingerprint density at radius 2 is 2.00 bits per heavy atom. The van der Waals surface area contributed by atoms with Crippen molar-refractivity contribution < 1.29 is 0 Å². The van der Waals surface area contributed by atoms with E-state index in [-0.39, 0.29) is 0 Å². The summed E-state index contributed by atoms with van der Waals surface area (Å²) in [6.07, 6.45) is 4.43. The summed E-state index contributed by atoms with van der Waals surface area (Å²) in [4.78, 5) is 8.93. The Balaban J connectivity index is 1.97. The molecule has 0 saturated heterocycles. The van der Waals surface area contributed by atoms with Gasteiger partial charge in [-0.15, -0.1) is 10.2 Å². The summed E-state index contributed by atoms with van der Waals surface area (Å²) in [6, 6.07) is 1.91. The molecule has 0 fully saturated rings. The molecule has 0 amide bonds. The number of nitrogens with zero attached hydrogens (tertiary/aromatic N) is 5. The van der Waals surface area contributed by atoms with Gasteiger partial charge in [0.15, 0.2) is 0 Å². The lowest BCUT2D eigenvalue weighted by atomic mass is 10.3. The molecule has 2 heterocycles. The van der Waals surface area contributed by atoms with E-state index in [4.69, 9.17) is 0 Å². The highest BCUT2D eigenvalue weighted by atomic mass is 15.2. The van der Waals surface area contributed by atoms with Gasteiger partial charge >= 0.3 is 0 Å². The van der Waals surface area contributed by atoms with Gasteiger partial charge in [0.25, 0.3) is 0 Å². The van der Waals surface area contributed by atoms with Gasteiger partial charge in [0.1, 0.15) is 29.6 Å². The average molecular weight is 275 g/mol. The van der Waals surface area contributed by atoms with Crippen LogP contribution in [0.25, 0.3) is 0 Å². The van der Waals surface area contributed by atoms with Crippen LogP contribution in [0.1, 0.15) is 25.0 Å². The standard InChI is InChI=1S/C13H21N7/c1-4-5-10-17-11(14-2)8-12(18-10)15-7-6-13-19-16-9-20(13)3/h8-9H,4-7H2,1-3H3,(H2,14,15,17,18). The minimum Gasteiger partial charge on any atom is -0.373 e. The monoisotopic (exact) mass is 275 g/mol. The second kappa shape index (κ2) is 6.83. The topological polar surface area (TPSA) is 80.5 Å². The summed E-state index contributed by atoms with van der Waals surface area (Å²) in [5, 5.41) is 14.3. The molecule has 0 saturated carbocycles. The van der Waals surface area contributed by atoms with Crippen LogP contribution in [0.3, 0.4) is 0 Å². The van der Waals surface area contributed by atoms with Crippen molar-refractivity contribution in [1.29, 1.82) is 0 Å². The predicted molar refractivity (Wildman–Crippen MR) is 78.8 cm³/mol. The molecular formula is C13H21N7. The van der Waals surface area contributed by atoms with Gasteiger partial charge in [-0.1, -0.05) is 6.92 Å². The molecule has 7 heteroatoms. The summed E-state index contributed by atoms with van der Waals surface area (Å²) in [7, 11) is 3.81. The minimum absolute atomic E-state index is 0.762. The van der Waals surface area contributed by atoms with Crippen molar-refractivity contribution in [2.45, 2.75) is 26.2 Å². The van der Waals surface area contributed by atoms with E-state index >= 15 is 0 Å². The molecule has 7 nitrogen and oxygen atoms in total. The van der Waals surface area contributed by atoms with E-state index in [1.54, 1.807) is 6.33 Å². The first kappa shape index (κ1) is 14.2. The van der Waals surface area contributed by atoms with Gasteiger partial charge in [-0.25, -0.2) is 9.97 Å².